The van der Waals surface area contributed by atoms with Crippen LogP contribution in [0.15, 0.2) is 24.3 Å². The Labute approximate surface area is 134 Å². The normalized spacial score (nSPS) is 19.4. The van der Waals surface area contributed by atoms with Crippen LogP contribution in [0.3, 0.4) is 0 Å². The van der Waals surface area contributed by atoms with Gasteiger partial charge in [0, 0.05) is 6.04 Å². The molecule has 1 saturated carbocycles. The predicted octanol–water partition coefficient (Wildman–Crippen LogP) is 3.50. The SMILES string of the molecule is Cc1ccc(C(N)C(=O)NC2CCC(C)(C)CC2)cc1.Cl. The Hall–Kier alpha value is -1.06. The molecule has 21 heavy (non-hydrogen) atoms. The molecule has 1 aromatic carbocycles. The van der Waals surface area contributed by atoms with Crippen molar-refractivity contribution in [3.63, 3.8) is 0 Å². The number of rotatable bonds is 3. The maximum absolute atomic E-state index is 12.2. The van der Waals surface area contributed by atoms with E-state index >= 15 is 0 Å². The molecule has 0 aliphatic heterocycles. The molecule has 2 rings (SSSR count). The van der Waals surface area contributed by atoms with Crippen molar-refractivity contribution >= 4 is 18.3 Å². The highest BCUT2D eigenvalue weighted by Crippen LogP contribution is 2.35. The molecule has 0 saturated heterocycles. The van der Waals surface area contributed by atoms with Crippen LogP contribution in [0.25, 0.3) is 0 Å². The van der Waals surface area contributed by atoms with Crippen LogP contribution in [0.5, 0.6) is 0 Å². The summed E-state index contributed by atoms with van der Waals surface area (Å²) in [6.45, 7) is 6.62. The van der Waals surface area contributed by atoms with Gasteiger partial charge in [0.1, 0.15) is 6.04 Å². The molecular weight excluding hydrogens is 284 g/mol. The summed E-state index contributed by atoms with van der Waals surface area (Å²) in [5.74, 6) is -0.0569. The molecule has 0 aromatic heterocycles. The molecule has 1 unspecified atom stereocenters. The molecule has 0 bridgehead atoms. The Balaban J connectivity index is 0.00000220. The van der Waals surface area contributed by atoms with Gasteiger partial charge < -0.3 is 11.1 Å². The largest absolute Gasteiger partial charge is 0.352 e. The molecular formula is C17H27ClN2O. The number of halogens is 1. The smallest absolute Gasteiger partial charge is 0.241 e. The van der Waals surface area contributed by atoms with Crippen LogP contribution < -0.4 is 11.1 Å². The topological polar surface area (TPSA) is 55.1 Å². The number of benzene rings is 1. The third-order valence-corrected chi connectivity index (χ3v) is 4.40. The summed E-state index contributed by atoms with van der Waals surface area (Å²) < 4.78 is 0. The lowest BCUT2D eigenvalue weighted by atomic mass is 9.75. The lowest BCUT2D eigenvalue weighted by Gasteiger charge is -2.35. The Bertz CT molecular complexity index is 460. The number of nitrogens with two attached hydrogens (primary N) is 1. The summed E-state index contributed by atoms with van der Waals surface area (Å²) in [5.41, 5.74) is 8.52. The first-order valence-corrected chi connectivity index (χ1v) is 7.50. The van der Waals surface area contributed by atoms with E-state index in [-0.39, 0.29) is 24.4 Å². The second-order valence-corrected chi connectivity index (χ2v) is 6.84. The van der Waals surface area contributed by atoms with E-state index in [0.29, 0.717) is 5.41 Å². The maximum atomic E-state index is 12.2. The first kappa shape index (κ1) is 18.0. The highest BCUT2D eigenvalue weighted by atomic mass is 35.5. The monoisotopic (exact) mass is 310 g/mol. The molecule has 1 aliphatic carbocycles. The molecule has 3 nitrogen and oxygen atoms in total. The van der Waals surface area contributed by atoms with E-state index in [1.165, 1.54) is 5.56 Å². The van der Waals surface area contributed by atoms with Gasteiger partial charge in [-0.05, 0) is 43.6 Å². The predicted molar refractivity (Wildman–Crippen MR) is 89.5 cm³/mol. The molecule has 4 heteroatoms. The zero-order valence-corrected chi connectivity index (χ0v) is 14.0. The fraction of sp³-hybridized carbons (Fsp3) is 0.588. The van der Waals surface area contributed by atoms with Crippen molar-refractivity contribution in [3.05, 3.63) is 35.4 Å². The van der Waals surface area contributed by atoms with Crippen LogP contribution in [-0.4, -0.2) is 11.9 Å². The van der Waals surface area contributed by atoms with E-state index < -0.39 is 6.04 Å². The average Bonchev–Trinajstić information content (AvgIpc) is 2.41. The van der Waals surface area contributed by atoms with Gasteiger partial charge in [-0.25, -0.2) is 0 Å². The van der Waals surface area contributed by atoms with E-state index in [1.54, 1.807) is 0 Å². The van der Waals surface area contributed by atoms with Crippen LogP contribution in [0.2, 0.25) is 0 Å². The van der Waals surface area contributed by atoms with Gasteiger partial charge in [0.25, 0.3) is 0 Å². The summed E-state index contributed by atoms with van der Waals surface area (Å²) in [4.78, 5) is 12.2. The maximum Gasteiger partial charge on any atom is 0.241 e. The van der Waals surface area contributed by atoms with Crippen LogP contribution in [0.4, 0.5) is 0 Å². The van der Waals surface area contributed by atoms with Crippen molar-refractivity contribution in [2.75, 3.05) is 0 Å². The third kappa shape index (κ3) is 5.01. The van der Waals surface area contributed by atoms with E-state index in [2.05, 4.69) is 19.2 Å². The van der Waals surface area contributed by atoms with Crippen LogP contribution in [0, 0.1) is 12.3 Å². The van der Waals surface area contributed by atoms with E-state index in [9.17, 15) is 4.79 Å². The zero-order chi connectivity index (χ0) is 14.8. The summed E-state index contributed by atoms with van der Waals surface area (Å²) in [6, 6.07) is 7.57. The fourth-order valence-electron chi connectivity index (χ4n) is 2.76. The summed E-state index contributed by atoms with van der Waals surface area (Å²) >= 11 is 0. The van der Waals surface area contributed by atoms with Crippen molar-refractivity contribution in [1.29, 1.82) is 0 Å². The van der Waals surface area contributed by atoms with E-state index in [4.69, 9.17) is 5.73 Å². The average molecular weight is 311 g/mol. The van der Waals surface area contributed by atoms with Gasteiger partial charge in [0.15, 0.2) is 0 Å². The number of hydrogen-bond acceptors (Lipinski definition) is 2. The summed E-state index contributed by atoms with van der Waals surface area (Å²) in [5, 5.41) is 3.11. The second kappa shape index (κ2) is 7.28. The standard InChI is InChI=1S/C17H26N2O.ClH/c1-12-4-6-13(7-5-12)15(18)16(20)19-14-8-10-17(2,3)11-9-14;/h4-7,14-15H,8-11,18H2,1-3H3,(H,19,20);1H. The van der Waals surface area contributed by atoms with Gasteiger partial charge in [0.2, 0.25) is 5.91 Å². The Morgan fingerprint density at radius 2 is 1.76 bits per heavy atom. The van der Waals surface area contributed by atoms with E-state index in [1.807, 2.05) is 31.2 Å². The first-order valence-electron chi connectivity index (χ1n) is 7.50. The summed E-state index contributed by atoms with van der Waals surface area (Å²) in [6.07, 6.45) is 4.44. The van der Waals surface area contributed by atoms with Crippen LogP contribution >= 0.6 is 12.4 Å². The van der Waals surface area contributed by atoms with Crippen LogP contribution in [0.1, 0.15) is 56.7 Å². The number of hydrogen-bond donors (Lipinski definition) is 2. The number of carbonyl (C=O) groups excluding carboxylic acids is 1. The number of aryl methyl sites for hydroxylation is 1. The minimum Gasteiger partial charge on any atom is -0.352 e. The zero-order valence-electron chi connectivity index (χ0n) is 13.2. The Morgan fingerprint density at radius 3 is 2.29 bits per heavy atom. The minimum absolute atomic E-state index is 0. The first-order chi connectivity index (χ1) is 9.37. The van der Waals surface area contributed by atoms with Crippen LogP contribution in [-0.2, 0) is 4.79 Å². The molecule has 0 radical (unpaired) electrons. The lowest BCUT2D eigenvalue weighted by Crippen LogP contribution is -2.43. The molecule has 3 N–H and O–H groups in total. The van der Waals surface area contributed by atoms with Crippen molar-refractivity contribution in [1.82, 2.24) is 5.32 Å². The van der Waals surface area contributed by atoms with Gasteiger partial charge in [-0.15, -0.1) is 12.4 Å². The molecule has 1 aliphatic rings. The van der Waals surface area contributed by atoms with Gasteiger partial charge in [-0.3, -0.25) is 4.79 Å². The van der Waals surface area contributed by atoms with E-state index in [0.717, 1.165) is 31.2 Å². The number of amides is 1. The second-order valence-electron chi connectivity index (χ2n) is 6.84. The highest BCUT2D eigenvalue weighted by Gasteiger charge is 2.28. The molecule has 0 spiro atoms. The molecule has 1 amide bonds. The van der Waals surface area contributed by atoms with Gasteiger partial charge in [0.05, 0.1) is 0 Å². The quantitative estimate of drug-likeness (QED) is 0.897. The summed E-state index contributed by atoms with van der Waals surface area (Å²) in [7, 11) is 0. The minimum atomic E-state index is -0.564. The lowest BCUT2D eigenvalue weighted by molar-refractivity contribution is -0.123. The fourth-order valence-corrected chi connectivity index (χ4v) is 2.76. The molecule has 1 fully saturated rings. The Kier molecular flexibility index (Phi) is 6.24. The van der Waals surface area contributed by atoms with Crippen molar-refractivity contribution in [3.8, 4) is 0 Å². The van der Waals surface area contributed by atoms with Gasteiger partial charge >= 0.3 is 0 Å². The highest BCUT2D eigenvalue weighted by molar-refractivity contribution is 5.85. The molecule has 1 atom stereocenters. The van der Waals surface area contributed by atoms with Crippen molar-refractivity contribution in [2.45, 2.75) is 58.5 Å². The Morgan fingerprint density at radius 1 is 1.24 bits per heavy atom. The molecule has 118 valence electrons. The van der Waals surface area contributed by atoms with Gasteiger partial charge in [-0.2, -0.15) is 0 Å². The third-order valence-electron chi connectivity index (χ3n) is 4.40. The van der Waals surface area contributed by atoms with Gasteiger partial charge in [-0.1, -0.05) is 43.7 Å². The number of nitrogens with one attached hydrogen (secondary N) is 1. The molecule has 1 aromatic rings. The van der Waals surface area contributed by atoms with Crippen molar-refractivity contribution in [2.24, 2.45) is 11.1 Å². The number of carbonyl (C=O) groups is 1. The molecule has 0 heterocycles. The van der Waals surface area contributed by atoms with Crippen molar-refractivity contribution < 1.29 is 4.79 Å².